The van der Waals surface area contributed by atoms with Crippen molar-refractivity contribution in [2.45, 2.75) is 19.3 Å². The fourth-order valence-corrected chi connectivity index (χ4v) is 2.53. The van der Waals surface area contributed by atoms with E-state index in [1.165, 1.54) is 24.3 Å². The number of amides is 2. The van der Waals surface area contributed by atoms with Gasteiger partial charge < -0.3 is 10.6 Å². The number of carbonyl (C=O) groups is 3. The van der Waals surface area contributed by atoms with E-state index in [-0.39, 0.29) is 42.7 Å². The van der Waals surface area contributed by atoms with Crippen LogP contribution >= 0.6 is 0 Å². The topological polar surface area (TPSA) is 75.3 Å². The van der Waals surface area contributed by atoms with Crippen molar-refractivity contribution in [1.29, 1.82) is 0 Å². The maximum absolute atomic E-state index is 12.8. The van der Waals surface area contributed by atoms with Gasteiger partial charge in [0.25, 0.3) is 0 Å². The molecule has 0 fully saturated rings. The van der Waals surface area contributed by atoms with E-state index in [1.54, 1.807) is 18.2 Å². The molecule has 1 aliphatic rings. The normalized spacial score (nSPS) is 12.5. The number of anilines is 2. The molecule has 122 valence electrons. The molecule has 5 nitrogen and oxygen atoms in total. The van der Waals surface area contributed by atoms with Crippen molar-refractivity contribution in [2.24, 2.45) is 0 Å². The predicted octanol–water partition coefficient (Wildman–Crippen LogP) is 2.92. The van der Waals surface area contributed by atoms with Crippen LogP contribution in [0.3, 0.4) is 0 Å². The number of fused-ring (bicyclic) bond motifs is 1. The van der Waals surface area contributed by atoms with E-state index in [9.17, 15) is 18.8 Å². The Bertz CT molecular complexity index is 816. The van der Waals surface area contributed by atoms with Crippen molar-refractivity contribution in [2.75, 3.05) is 10.6 Å². The summed E-state index contributed by atoms with van der Waals surface area (Å²) >= 11 is 0. The van der Waals surface area contributed by atoms with E-state index < -0.39 is 0 Å². The molecule has 2 amide bonds. The average molecular weight is 326 g/mol. The highest BCUT2D eigenvalue weighted by molar-refractivity contribution is 6.03. The first-order chi connectivity index (χ1) is 11.5. The Morgan fingerprint density at radius 2 is 1.83 bits per heavy atom. The first-order valence-electron chi connectivity index (χ1n) is 7.52. The van der Waals surface area contributed by atoms with Crippen LogP contribution in [0.2, 0.25) is 0 Å². The fourth-order valence-electron chi connectivity index (χ4n) is 2.53. The smallest absolute Gasteiger partial charge is 0.228 e. The number of rotatable bonds is 5. The Hall–Kier alpha value is -3.02. The Kier molecular flexibility index (Phi) is 4.37. The van der Waals surface area contributed by atoms with E-state index >= 15 is 0 Å². The molecule has 0 aliphatic carbocycles. The second kappa shape index (κ2) is 6.62. The summed E-state index contributed by atoms with van der Waals surface area (Å²) in [6.07, 6.45) is 0.360. The van der Waals surface area contributed by atoms with Crippen LogP contribution in [0.4, 0.5) is 15.8 Å². The van der Waals surface area contributed by atoms with Crippen LogP contribution in [0.15, 0.2) is 42.5 Å². The van der Waals surface area contributed by atoms with Crippen molar-refractivity contribution in [3.05, 3.63) is 59.4 Å². The maximum Gasteiger partial charge on any atom is 0.228 e. The van der Waals surface area contributed by atoms with Gasteiger partial charge in [-0.25, -0.2) is 4.39 Å². The second-order valence-corrected chi connectivity index (χ2v) is 5.58. The Morgan fingerprint density at radius 3 is 2.58 bits per heavy atom. The molecule has 2 N–H and O–H groups in total. The molecule has 0 bridgehead atoms. The highest BCUT2D eigenvalue weighted by Crippen LogP contribution is 2.24. The first-order valence-corrected chi connectivity index (χ1v) is 7.52. The van der Waals surface area contributed by atoms with Gasteiger partial charge in [-0.15, -0.1) is 0 Å². The molecule has 0 saturated carbocycles. The fraction of sp³-hybridized carbons (Fsp3) is 0.167. The first kappa shape index (κ1) is 15.9. The largest absolute Gasteiger partial charge is 0.326 e. The molecule has 2 aromatic rings. The summed E-state index contributed by atoms with van der Waals surface area (Å²) in [6, 6.07) is 10.4. The summed E-state index contributed by atoms with van der Waals surface area (Å²) in [5, 5.41) is 5.31. The number of ketones is 1. The summed E-state index contributed by atoms with van der Waals surface area (Å²) < 4.78 is 12.8. The van der Waals surface area contributed by atoms with Gasteiger partial charge in [0.1, 0.15) is 5.82 Å². The molecule has 1 heterocycles. The summed E-state index contributed by atoms with van der Waals surface area (Å²) in [5.41, 5.74) is 2.49. The van der Waals surface area contributed by atoms with E-state index in [1.807, 2.05) is 0 Å². The van der Waals surface area contributed by atoms with Crippen molar-refractivity contribution in [3.63, 3.8) is 0 Å². The van der Waals surface area contributed by atoms with Crippen LogP contribution < -0.4 is 10.6 Å². The van der Waals surface area contributed by atoms with Crippen LogP contribution in [-0.2, 0) is 16.0 Å². The molecule has 1 aliphatic heterocycles. The van der Waals surface area contributed by atoms with Crippen molar-refractivity contribution in [1.82, 2.24) is 0 Å². The maximum atomic E-state index is 12.8. The lowest BCUT2D eigenvalue weighted by Crippen LogP contribution is -2.13. The number of nitrogens with one attached hydrogen (secondary N) is 2. The zero-order valence-corrected chi connectivity index (χ0v) is 12.8. The minimum Gasteiger partial charge on any atom is -0.326 e. The van der Waals surface area contributed by atoms with Gasteiger partial charge in [-0.3, -0.25) is 14.4 Å². The zero-order valence-electron chi connectivity index (χ0n) is 12.8. The van der Waals surface area contributed by atoms with E-state index in [0.717, 1.165) is 11.3 Å². The summed E-state index contributed by atoms with van der Waals surface area (Å²) in [6.45, 7) is 0. The zero-order chi connectivity index (χ0) is 17.1. The van der Waals surface area contributed by atoms with Crippen LogP contribution in [0.25, 0.3) is 0 Å². The SMILES string of the molecule is O=C(CCC(=O)c1ccc2c(c1)CC(=O)N2)Nc1ccc(F)cc1. The van der Waals surface area contributed by atoms with Gasteiger partial charge in [0.15, 0.2) is 5.78 Å². The minimum absolute atomic E-state index is 0.0322. The number of carbonyl (C=O) groups excluding carboxylic acids is 3. The van der Waals surface area contributed by atoms with Crippen molar-refractivity contribution < 1.29 is 18.8 Å². The predicted molar refractivity (Wildman–Crippen MR) is 87.4 cm³/mol. The second-order valence-electron chi connectivity index (χ2n) is 5.58. The van der Waals surface area contributed by atoms with Gasteiger partial charge in [0.2, 0.25) is 11.8 Å². The molecule has 0 atom stereocenters. The average Bonchev–Trinajstić information content (AvgIpc) is 2.94. The highest BCUT2D eigenvalue weighted by Gasteiger charge is 2.19. The van der Waals surface area contributed by atoms with Gasteiger partial charge in [-0.2, -0.15) is 0 Å². The van der Waals surface area contributed by atoms with Gasteiger partial charge >= 0.3 is 0 Å². The summed E-state index contributed by atoms with van der Waals surface area (Å²) in [7, 11) is 0. The lowest BCUT2D eigenvalue weighted by molar-refractivity contribution is -0.116. The van der Waals surface area contributed by atoms with Gasteiger partial charge in [-0.05, 0) is 48.0 Å². The van der Waals surface area contributed by atoms with Crippen LogP contribution in [0, 0.1) is 5.82 Å². The molecule has 24 heavy (non-hydrogen) atoms. The Balaban J connectivity index is 1.55. The molecule has 6 heteroatoms. The number of benzene rings is 2. The van der Waals surface area contributed by atoms with Gasteiger partial charge in [-0.1, -0.05) is 0 Å². The lowest BCUT2D eigenvalue weighted by atomic mass is 10.0. The number of hydrogen-bond donors (Lipinski definition) is 2. The molecule has 0 spiro atoms. The molecule has 3 rings (SSSR count). The Morgan fingerprint density at radius 1 is 1.08 bits per heavy atom. The minimum atomic E-state index is -0.382. The third kappa shape index (κ3) is 3.65. The molecular weight excluding hydrogens is 311 g/mol. The van der Waals surface area contributed by atoms with Crippen molar-refractivity contribution in [3.8, 4) is 0 Å². The van der Waals surface area contributed by atoms with E-state index in [4.69, 9.17) is 0 Å². The lowest BCUT2D eigenvalue weighted by Gasteiger charge is -2.06. The quantitative estimate of drug-likeness (QED) is 0.830. The van der Waals surface area contributed by atoms with E-state index in [2.05, 4.69) is 10.6 Å². The highest BCUT2D eigenvalue weighted by atomic mass is 19.1. The summed E-state index contributed by atoms with van der Waals surface area (Å²) in [4.78, 5) is 35.4. The molecule has 0 saturated heterocycles. The number of halogens is 1. The monoisotopic (exact) mass is 326 g/mol. The molecule has 2 aromatic carbocycles. The molecule has 0 radical (unpaired) electrons. The molecule has 0 unspecified atom stereocenters. The third-order valence-electron chi connectivity index (χ3n) is 3.76. The number of hydrogen-bond acceptors (Lipinski definition) is 3. The summed E-state index contributed by atoms with van der Waals surface area (Å²) in [5.74, 6) is -0.944. The molecular formula is C18H15FN2O3. The van der Waals surface area contributed by atoms with Crippen molar-refractivity contribution >= 4 is 29.0 Å². The van der Waals surface area contributed by atoms with Crippen LogP contribution in [0.1, 0.15) is 28.8 Å². The van der Waals surface area contributed by atoms with E-state index in [0.29, 0.717) is 11.3 Å². The third-order valence-corrected chi connectivity index (χ3v) is 3.76. The molecule has 0 aromatic heterocycles. The van der Waals surface area contributed by atoms with Gasteiger partial charge in [0.05, 0.1) is 6.42 Å². The standard InChI is InChI=1S/C18H15FN2O3/c19-13-2-4-14(5-3-13)20-17(23)8-7-16(22)11-1-6-15-12(9-11)10-18(24)21-15/h1-6,9H,7-8,10H2,(H,20,23)(H,21,24). The van der Waals surface area contributed by atoms with Crippen LogP contribution in [0.5, 0.6) is 0 Å². The van der Waals surface area contributed by atoms with Gasteiger partial charge in [0, 0.05) is 29.8 Å². The Labute approximate surface area is 137 Å². The van der Waals surface area contributed by atoms with Crippen LogP contribution in [-0.4, -0.2) is 17.6 Å². The number of Topliss-reactive ketones (excluding diaryl/α,β-unsaturated/α-hetero) is 1.